The number of nitrogens with one attached hydrogen (secondary N) is 2. The normalized spacial score (nSPS) is 17.4. The van der Waals surface area contributed by atoms with Gasteiger partial charge in [0.15, 0.2) is 0 Å². The number of aliphatic hydroxyl groups is 1. The molecular formula is C32H46N4O6S. The van der Waals surface area contributed by atoms with Gasteiger partial charge in [-0.3, -0.25) is 19.2 Å². The van der Waals surface area contributed by atoms with E-state index in [0.717, 1.165) is 41.0 Å². The maximum absolute atomic E-state index is 13.7. The molecule has 1 aliphatic heterocycles. The van der Waals surface area contributed by atoms with Crippen LogP contribution < -0.4 is 10.6 Å². The molecule has 1 aliphatic rings. The molecule has 1 aromatic carbocycles. The number of carbonyl (C=O) groups is 4. The predicted molar refractivity (Wildman–Crippen MR) is 166 cm³/mol. The molecule has 3 atom stereocenters. The summed E-state index contributed by atoms with van der Waals surface area (Å²) in [5.74, 6) is -0.949. The number of ether oxygens (including phenoxy) is 1. The molecular weight excluding hydrogens is 568 g/mol. The van der Waals surface area contributed by atoms with E-state index in [4.69, 9.17) is 0 Å². The topological polar surface area (TPSA) is 138 Å². The first-order valence-electron chi connectivity index (χ1n) is 15.1. The molecule has 2 heterocycles. The first-order valence-corrected chi connectivity index (χ1v) is 15.9. The van der Waals surface area contributed by atoms with Crippen LogP contribution in [0.15, 0.2) is 29.8 Å². The summed E-state index contributed by atoms with van der Waals surface area (Å²) in [6.45, 7) is 7.77. The summed E-state index contributed by atoms with van der Waals surface area (Å²) in [5, 5.41) is 16.3. The van der Waals surface area contributed by atoms with E-state index in [1.54, 1.807) is 32.1 Å². The van der Waals surface area contributed by atoms with Crippen molar-refractivity contribution in [3.8, 4) is 10.4 Å². The monoisotopic (exact) mass is 614 g/mol. The number of esters is 1. The largest absolute Gasteiger partial charge is 0.469 e. The number of aliphatic hydroxyl groups excluding tert-OH is 1. The molecule has 3 N–H and O–H groups in total. The minimum Gasteiger partial charge on any atom is -0.469 e. The molecule has 0 aliphatic carbocycles. The average molecular weight is 615 g/mol. The van der Waals surface area contributed by atoms with Gasteiger partial charge in [0.1, 0.15) is 6.04 Å². The molecule has 1 saturated heterocycles. The maximum Gasteiger partial charge on any atom is 0.305 e. The molecule has 0 unspecified atom stereocenters. The number of nitrogens with zero attached hydrogens (tertiary/aromatic N) is 2. The number of likely N-dealkylation sites (tertiary alicyclic amines) is 1. The Hall–Kier alpha value is -3.31. The fraction of sp³-hybridized carbons (Fsp3) is 0.594. The van der Waals surface area contributed by atoms with Gasteiger partial charge in [-0.05, 0) is 58.1 Å². The molecule has 43 heavy (non-hydrogen) atoms. The van der Waals surface area contributed by atoms with E-state index in [1.807, 2.05) is 24.6 Å². The minimum atomic E-state index is -0.989. The molecule has 0 saturated carbocycles. The van der Waals surface area contributed by atoms with E-state index in [1.165, 1.54) is 12.0 Å². The average Bonchev–Trinajstić information content (AvgIpc) is 3.59. The Bertz CT molecular complexity index is 1240. The maximum atomic E-state index is 13.7. The Morgan fingerprint density at radius 3 is 2.42 bits per heavy atom. The number of carbonyl (C=O) groups excluding carboxylic acids is 4. The minimum absolute atomic E-state index is 0.0745. The standard InChI is InChI=1S/C32H46N4O6S/c1-21-29(43-20-34-21)24-14-12-23(13-15-24)16-17-33-30(40)26-18-25(37)19-36(26)31(41)32(3,4)22(2)35-27(38)10-8-6-7-9-11-28(39)42-5/h12-15,20,22,25-26,37H,6-11,16-19H2,1-5H3,(H,33,40)(H,35,38)/t22-,25+,26-/m0/s1. The van der Waals surface area contributed by atoms with E-state index in [0.29, 0.717) is 32.2 Å². The Labute approximate surface area is 258 Å². The Morgan fingerprint density at radius 2 is 1.79 bits per heavy atom. The number of aryl methyl sites for hydroxylation is 1. The van der Waals surface area contributed by atoms with Crippen LogP contribution in [-0.2, 0) is 30.3 Å². The van der Waals surface area contributed by atoms with Gasteiger partial charge in [-0.15, -0.1) is 11.3 Å². The predicted octanol–water partition coefficient (Wildman–Crippen LogP) is 3.78. The number of unbranched alkanes of at least 4 members (excludes halogenated alkanes) is 3. The summed E-state index contributed by atoms with van der Waals surface area (Å²) in [4.78, 5) is 57.5. The lowest BCUT2D eigenvalue weighted by Gasteiger charge is -2.36. The van der Waals surface area contributed by atoms with Gasteiger partial charge in [0, 0.05) is 38.4 Å². The van der Waals surface area contributed by atoms with E-state index in [9.17, 15) is 24.3 Å². The van der Waals surface area contributed by atoms with Gasteiger partial charge in [-0.25, -0.2) is 4.98 Å². The van der Waals surface area contributed by atoms with E-state index in [2.05, 4.69) is 32.5 Å². The zero-order chi connectivity index (χ0) is 31.6. The zero-order valence-corrected chi connectivity index (χ0v) is 26.8. The van der Waals surface area contributed by atoms with Crippen molar-refractivity contribution in [3.05, 3.63) is 41.0 Å². The van der Waals surface area contributed by atoms with Gasteiger partial charge in [0.05, 0.1) is 34.7 Å². The van der Waals surface area contributed by atoms with Gasteiger partial charge in [0.25, 0.3) is 0 Å². The molecule has 1 aromatic heterocycles. The highest BCUT2D eigenvalue weighted by Gasteiger charge is 2.46. The summed E-state index contributed by atoms with van der Waals surface area (Å²) in [6.07, 6.45) is 3.79. The van der Waals surface area contributed by atoms with E-state index in [-0.39, 0.29) is 36.7 Å². The first kappa shape index (κ1) is 34.2. The molecule has 0 spiro atoms. The molecule has 1 fully saturated rings. The van der Waals surface area contributed by atoms with Crippen LogP contribution >= 0.6 is 11.3 Å². The quantitative estimate of drug-likeness (QED) is 0.205. The Kier molecular flexibility index (Phi) is 12.7. The second-order valence-corrected chi connectivity index (χ2v) is 12.7. The van der Waals surface area contributed by atoms with Gasteiger partial charge >= 0.3 is 5.97 Å². The third-order valence-corrected chi connectivity index (χ3v) is 9.27. The van der Waals surface area contributed by atoms with Crippen LogP contribution in [0.2, 0.25) is 0 Å². The molecule has 0 radical (unpaired) electrons. The van der Waals surface area contributed by atoms with Crippen molar-refractivity contribution in [1.82, 2.24) is 20.5 Å². The molecule has 11 heteroatoms. The highest BCUT2D eigenvalue weighted by atomic mass is 32.1. The van der Waals surface area contributed by atoms with Crippen LogP contribution in [0.25, 0.3) is 10.4 Å². The molecule has 2 aromatic rings. The third-order valence-electron chi connectivity index (χ3n) is 8.29. The van der Waals surface area contributed by atoms with Crippen molar-refractivity contribution in [3.63, 3.8) is 0 Å². The molecule has 0 bridgehead atoms. The number of thiazole rings is 1. The first-order chi connectivity index (χ1) is 20.4. The molecule has 3 amide bonds. The van der Waals surface area contributed by atoms with Crippen molar-refractivity contribution in [2.75, 3.05) is 20.2 Å². The second-order valence-electron chi connectivity index (χ2n) is 11.9. The highest BCUT2D eigenvalue weighted by molar-refractivity contribution is 7.13. The summed E-state index contributed by atoms with van der Waals surface area (Å²) >= 11 is 1.61. The molecule has 10 nitrogen and oxygen atoms in total. The van der Waals surface area contributed by atoms with Crippen LogP contribution in [0.5, 0.6) is 0 Å². The van der Waals surface area contributed by atoms with Crippen LogP contribution in [-0.4, -0.2) is 77.1 Å². The van der Waals surface area contributed by atoms with E-state index >= 15 is 0 Å². The van der Waals surface area contributed by atoms with E-state index < -0.39 is 23.6 Å². The van der Waals surface area contributed by atoms with Crippen LogP contribution in [0.1, 0.15) is 77.0 Å². The fourth-order valence-electron chi connectivity index (χ4n) is 5.20. The second kappa shape index (κ2) is 16.0. The SMILES string of the molecule is COC(=O)CCCCCCC(=O)N[C@@H](C)C(C)(C)C(=O)N1C[C@H](O)C[C@H]1C(=O)NCCc1ccc(-c2scnc2C)cc1. The molecule has 3 rings (SSSR count). The lowest BCUT2D eigenvalue weighted by molar-refractivity contribution is -0.147. The molecule has 236 valence electrons. The Morgan fingerprint density at radius 1 is 1.12 bits per heavy atom. The van der Waals surface area contributed by atoms with Gasteiger partial charge in [-0.2, -0.15) is 0 Å². The number of hydrogen-bond donors (Lipinski definition) is 3. The van der Waals surface area contributed by atoms with Crippen molar-refractivity contribution in [2.45, 2.75) is 97.2 Å². The van der Waals surface area contributed by atoms with Gasteiger partial charge in [-0.1, -0.05) is 37.1 Å². The van der Waals surface area contributed by atoms with Gasteiger partial charge < -0.3 is 25.4 Å². The summed E-state index contributed by atoms with van der Waals surface area (Å²) in [7, 11) is 1.37. The van der Waals surface area contributed by atoms with Crippen molar-refractivity contribution >= 4 is 35.0 Å². The number of rotatable bonds is 15. The number of hydrogen-bond acceptors (Lipinski definition) is 8. The van der Waals surface area contributed by atoms with Gasteiger partial charge in [0.2, 0.25) is 17.7 Å². The summed E-state index contributed by atoms with van der Waals surface area (Å²) in [5.41, 5.74) is 4.04. The number of amides is 3. The Balaban J connectivity index is 1.47. The summed E-state index contributed by atoms with van der Waals surface area (Å²) < 4.78 is 4.63. The zero-order valence-electron chi connectivity index (χ0n) is 26.0. The number of aromatic nitrogens is 1. The smallest absolute Gasteiger partial charge is 0.305 e. The number of benzene rings is 1. The number of β-amino-alcohol motifs (C(OH)–C–C–N with tert-alkyl or cyclic N) is 1. The highest BCUT2D eigenvalue weighted by Crippen LogP contribution is 2.30. The van der Waals surface area contributed by atoms with Crippen LogP contribution in [0.4, 0.5) is 0 Å². The van der Waals surface area contributed by atoms with Crippen LogP contribution in [0, 0.1) is 12.3 Å². The number of methoxy groups -OCH3 is 1. The van der Waals surface area contributed by atoms with Crippen molar-refractivity contribution < 1.29 is 29.0 Å². The lowest BCUT2D eigenvalue weighted by atomic mass is 9.83. The summed E-state index contributed by atoms with van der Waals surface area (Å²) in [6, 6.07) is 6.94. The van der Waals surface area contributed by atoms with Crippen molar-refractivity contribution in [2.24, 2.45) is 5.41 Å². The van der Waals surface area contributed by atoms with Crippen molar-refractivity contribution in [1.29, 1.82) is 0 Å². The fourth-order valence-corrected chi connectivity index (χ4v) is 6.01. The van der Waals surface area contributed by atoms with Crippen LogP contribution in [0.3, 0.4) is 0 Å². The third kappa shape index (κ3) is 9.59. The lowest BCUT2D eigenvalue weighted by Crippen LogP contribution is -2.55.